The number of aliphatic hydroxyl groups is 1. The van der Waals surface area contributed by atoms with Crippen LogP contribution in [0.3, 0.4) is 0 Å². The Kier molecular flexibility index (Phi) is 3.95. The number of aryl methyl sites for hydroxylation is 1. The number of nitrogens with zero attached hydrogens (tertiary/aromatic N) is 1. The van der Waals surface area contributed by atoms with Crippen LogP contribution in [0, 0.1) is 6.92 Å². The van der Waals surface area contributed by atoms with Crippen LogP contribution >= 0.6 is 0 Å². The summed E-state index contributed by atoms with van der Waals surface area (Å²) >= 11 is 0. The molecule has 1 aromatic heterocycles. The smallest absolute Gasteiger partial charge is 0.0884 e. The fourth-order valence-corrected chi connectivity index (χ4v) is 1.76. The van der Waals surface area contributed by atoms with Crippen LogP contribution < -0.4 is 5.32 Å². The van der Waals surface area contributed by atoms with Gasteiger partial charge in [0.1, 0.15) is 0 Å². The zero-order valence-electron chi connectivity index (χ0n) is 9.86. The molecule has 0 bridgehead atoms. The number of hydrogen-bond acceptors (Lipinski definition) is 4. The Balaban J connectivity index is 2.02. The molecule has 2 rings (SSSR count). The van der Waals surface area contributed by atoms with Gasteiger partial charge in [-0.2, -0.15) is 5.10 Å². The Morgan fingerprint density at radius 1 is 1.41 bits per heavy atom. The molecule has 0 saturated carbocycles. The number of ether oxygens (including phenoxy) is 1. The van der Waals surface area contributed by atoms with Crippen LogP contribution in [0.4, 0.5) is 5.69 Å². The summed E-state index contributed by atoms with van der Waals surface area (Å²) in [4.78, 5) is 0. The van der Waals surface area contributed by atoms with Crippen molar-refractivity contribution in [2.24, 2.45) is 0 Å². The molecule has 92 valence electrons. The largest absolute Gasteiger partial charge is 0.394 e. The number of aromatic nitrogens is 2. The number of hydrogen-bond donors (Lipinski definition) is 3. The molecule has 0 radical (unpaired) electrons. The maximum absolute atomic E-state index is 8.58. The average molecular weight is 235 g/mol. The lowest BCUT2D eigenvalue weighted by atomic mass is 10.1. The van der Waals surface area contributed by atoms with E-state index in [1.165, 1.54) is 5.56 Å². The maximum Gasteiger partial charge on any atom is 0.0884 e. The molecular weight excluding hydrogens is 218 g/mol. The van der Waals surface area contributed by atoms with Crippen LogP contribution in [0.5, 0.6) is 0 Å². The van der Waals surface area contributed by atoms with Crippen molar-refractivity contribution in [3.8, 4) is 0 Å². The van der Waals surface area contributed by atoms with Crippen molar-refractivity contribution in [3.63, 3.8) is 0 Å². The summed E-state index contributed by atoms with van der Waals surface area (Å²) < 4.78 is 5.20. The van der Waals surface area contributed by atoms with Gasteiger partial charge in [-0.25, -0.2) is 0 Å². The second-order valence-corrected chi connectivity index (χ2v) is 3.85. The molecule has 0 fully saturated rings. The van der Waals surface area contributed by atoms with Gasteiger partial charge in [0.05, 0.1) is 37.2 Å². The van der Waals surface area contributed by atoms with E-state index in [2.05, 4.69) is 28.5 Å². The van der Waals surface area contributed by atoms with Gasteiger partial charge in [-0.05, 0) is 12.5 Å². The van der Waals surface area contributed by atoms with Gasteiger partial charge in [-0.1, -0.05) is 12.1 Å². The van der Waals surface area contributed by atoms with E-state index in [9.17, 15) is 0 Å². The number of anilines is 1. The highest BCUT2D eigenvalue weighted by molar-refractivity contribution is 5.91. The van der Waals surface area contributed by atoms with Crippen molar-refractivity contribution in [1.29, 1.82) is 0 Å². The van der Waals surface area contributed by atoms with Crippen molar-refractivity contribution in [2.45, 2.75) is 6.92 Å². The predicted octanol–water partition coefficient (Wildman–Crippen LogP) is 1.29. The van der Waals surface area contributed by atoms with Crippen LogP contribution in [0.25, 0.3) is 10.9 Å². The SMILES string of the molecule is Cc1ccc2cn[nH]c2c1NCCOCCO. The van der Waals surface area contributed by atoms with E-state index in [0.29, 0.717) is 19.8 Å². The molecule has 0 atom stereocenters. The highest BCUT2D eigenvalue weighted by Crippen LogP contribution is 2.24. The van der Waals surface area contributed by atoms with Crippen molar-refractivity contribution in [2.75, 3.05) is 31.7 Å². The molecule has 0 amide bonds. The van der Waals surface area contributed by atoms with Crippen molar-refractivity contribution in [3.05, 3.63) is 23.9 Å². The van der Waals surface area contributed by atoms with Crippen molar-refractivity contribution in [1.82, 2.24) is 10.2 Å². The van der Waals surface area contributed by atoms with Crippen LogP contribution in [0.1, 0.15) is 5.56 Å². The van der Waals surface area contributed by atoms with Crippen molar-refractivity contribution >= 4 is 16.6 Å². The maximum atomic E-state index is 8.58. The van der Waals surface area contributed by atoms with Gasteiger partial charge in [0.25, 0.3) is 0 Å². The Labute approximate surface area is 99.8 Å². The van der Waals surface area contributed by atoms with Crippen LogP contribution in [-0.4, -0.2) is 41.7 Å². The second kappa shape index (κ2) is 5.65. The molecule has 0 aliphatic heterocycles. The first-order chi connectivity index (χ1) is 8.33. The number of fused-ring (bicyclic) bond motifs is 1. The standard InChI is InChI=1S/C12H17N3O2/c1-9-2-3-10-8-14-15-12(10)11(9)13-4-6-17-7-5-16/h2-3,8,13,16H,4-7H2,1H3,(H,14,15). The van der Waals surface area contributed by atoms with Crippen LogP contribution in [-0.2, 0) is 4.74 Å². The number of aliphatic hydroxyl groups excluding tert-OH is 1. The van der Waals surface area contributed by atoms with E-state index in [4.69, 9.17) is 9.84 Å². The summed E-state index contributed by atoms with van der Waals surface area (Å²) in [5.74, 6) is 0. The molecule has 5 heteroatoms. The number of aromatic amines is 1. The molecule has 1 aromatic carbocycles. The summed E-state index contributed by atoms with van der Waals surface area (Å²) in [7, 11) is 0. The second-order valence-electron chi connectivity index (χ2n) is 3.85. The molecule has 2 aromatic rings. The number of nitrogens with one attached hydrogen (secondary N) is 2. The normalized spacial score (nSPS) is 10.9. The molecule has 17 heavy (non-hydrogen) atoms. The first kappa shape index (κ1) is 11.9. The molecule has 5 nitrogen and oxygen atoms in total. The first-order valence-corrected chi connectivity index (χ1v) is 5.68. The van der Waals surface area contributed by atoms with Gasteiger partial charge in [0.15, 0.2) is 0 Å². The molecule has 0 saturated heterocycles. The number of benzene rings is 1. The lowest BCUT2D eigenvalue weighted by molar-refractivity contribution is 0.0992. The van der Waals surface area contributed by atoms with Gasteiger partial charge < -0.3 is 15.2 Å². The summed E-state index contributed by atoms with van der Waals surface area (Å²) in [6, 6.07) is 4.11. The van der Waals surface area contributed by atoms with Gasteiger partial charge in [0, 0.05) is 11.9 Å². The monoisotopic (exact) mass is 235 g/mol. The highest BCUT2D eigenvalue weighted by atomic mass is 16.5. The molecule has 0 aliphatic carbocycles. The van der Waals surface area contributed by atoms with Gasteiger partial charge in [0.2, 0.25) is 0 Å². The molecular formula is C12H17N3O2. The molecule has 0 spiro atoms. The van der Waals surface area contributed by atoms with Crippen LogP contribution in [0.15, 0.2) is 18.3 Å². The zero-order chi connectivity index (χ0) is 12.1. The zero-order valence-corrected chi connectivity index (χ0v) is 9.86. The molecule has 3 N–H and O–H groups in total. The Morgan fingerprint density at radius 3 is 3.12 bits per heavy atom. The Hall–Kier alpha value is -1.59. The van der Waals surface area contributed by atoms with E-state index < -0.39 is 0 Å². The quantitative estimate of drug-likeness (QED) is 0.660. The topological polar surface area (TPSA) is 70.2 Å². The Morgan fingerprint density at radius 2 is 2.29 bits per heavy atom. The average Bonchev–Trinajstić information content (AvgIpc) is 2.79. The number of rotatable bonds is 6. The third-order valence-corrected chi connectivity index (χ3v) is 2.61. The van der Waals surface area contributed by atoms with Gasteiger partial charge in [-0.3, -0.25) is 5.10 Å². The van der Waals surface area contributed by atoms with E-state index in [1.807, 2.05) is 12.3 Å². The minimum Gasteiger partial charge on any atom is -0.394 e. The fourth-order valence-electron chi connectivity index (χ4n) is 1.76. The fraction of sp³-hybridized carbons (Fsp3) is 0.417. The summed E-state index contributed by atoms with van der Waals surface area (Å²) in [6.07, 6.45) is 1.81. The van der Waals surface area contributed by atoms with E-state index in [-0.39, 0.29) is 6.61 Å². The summed E-state index contributed by atoms with van der Waals surface area (Å²) in [5, 5.41) is 20.0. The third-order valence-electron chi connectivity index (χ3n) is 2.61. The van der Waals surface area contributed by atoms with Crippen molar-refractivity contribution < 1.29 is 9.84 Å². The minimum absolute atomic E-state index is 0.0646. The summed E-state index contributed by atoms with van der Waals surface area (Å²) in [5.41, 5.74) is 3.25. The number of H-pyrrole nitrogens is 1. The third kappa shape index (κ3) is 2.75. The van der Waals surface area contributed by atoms with Gasteiger partial charge in [-0.15, -0.1) is 0 Å². The van der Waals surface area contributed by atoms with E-state index in [1.54, 1.807) is 0 Å². The molecule has 0 aliphatic rings. The molecule has 0 unspecified atom stereocenters. The lowest BCUT2D eigenvalue weighted by Crippen LogP contribution is -2.12. The van der Waals surface area contributed by atoms with E-state index >= 15 is 0 Å². The Bertz CT molecular complexity index is 482. The van der Waals surface area contributed by atoms with Gasteiger partial charge >= 0.3 is 0 Å². The van der Waals surface area contributed by atoms with Crippen LogP contribution in [0.2, 0.25) is 0 Å². The summed E-state index contributed by atoms with van der Waals surface area (Å²) in [6.45, 7) is 3.78. The highest BCUT2D eigenvalue weighted by Gasteiger charge is 2.05. The van der Waals surface area contributed by atoms with E-state index in [0.717, 1.165) is 16.6 Å². The predicted molar refractivity (Wildman–Crippen MR) is 67.2 cm³/mol. The lowest BCUT2D eigenvalue weighted by Gasteiger charge is -2.10. The molecule has 1 heterocycles. The minimum atomic E-state index is 0.0646. The first-order valence-electron chi connectivity index (χ1n) is 5.68.